The van der Waals surface area contributed by atoms with Crippen molar-refractivity contribution in [1.82, 2.24) is 4.98 Å². The van der Waals surface area contributed by atoms with E-state index in [-0.39, 0.29) is 0 Å². The molecule has 1 atom stereocenters. The molecule has 0 amide bonds. The Morgan fingerprint density at radius 3 is 3.25 bits per heavy atom. The summed E-state index contributed by atoms with van der Waals surface area (Å²) in [6.45, 7) is 3.23. The van der Waals surface area contributed by atoms with Crippen LogP contribution in [0.3, 0.4) is 0 Å². The SMILES string of the molecule is C[C@H](I)c1cnc2c(c1)CCN2. The molecule has 0 saturated carbocycles. The van der Waals surface area contributed by atoms with Gasteiger partial charge >= 0.3 is 0 Å². The Labute approximate surface area is 85.9 Å². The molecule has 64 valence electrons. The van der Waals surface area contributed by atoms with Gasteiger partial charge in [0.1, 0.15) is 5.82 Å². The highest BCUT2D eigenvalue weighted by molar-refractivity contribution is 14.1. The highest BCUT2D eigenvalue weighted by Crippen LogP contribution is 2.26. The van der Waals surface area contributed by atoms with Gasteiger partial charge in [0.15, 0.2) is 0 Å². The van der Waals surface area contributed by atoms with E-state index in [4.69, 9.17) is 0 Å². The quantitative estimate of drug-likeness (QED) is 0.629. The first-order chi connectivity index (χ1) is 5.77. The molecule has 0 saturated heterocycles. The summed E-state index contributed by atoms with van der Waals surface area (Å²) in [6, 6.07) is 2.26. The number of hydrogen-bond donors (Lipinski definition) is 1. The number of anilines is 1. The number of nitrogens with one attached hydrogen (secondary N) is 1. The van der Waals surface area contributed by atoms with Crippen LogP contribution in [0.15, 0.2) is 12.3 Å². The molecule has 1 aliphatic rings. The van der Waals surface area contributed by atoms with E-state index < -0.39 is 0 Å². The molecule has 0 fully saturated rings. The van der Waals surface area contributed by atoms with Crippen molar-refractivity contribution in [1.29, 1.82) is 0 Å². The van der Waals surface area contributed by atoms with Gasteiger partial charge in [-0.3, -0.25) is 0 Å². The van der Waals surface area contributed by atoms with Crippen LogP contribution < -0.4 is 5.32 Å². The van der Waals surface area contributed by atoms with Crippen LogP contribution in [0.2, 0.25) is 0 Å². The Kier molecular flexibility index (Phi) is 2.21. The molecular weight excluding hydrogens is 263 g/mol. The van der Waals surface area contributed by atoms with Gasteiger partial charge < -0.3 is 5.32 Å². The third kappa shape index (κ3) is 1.42. The molecule has 12 heavy (non-hydrogen) atoms. The van der Waals surface area contributed by atoms with Crippen LogP contribution in [0, 0.1) is 0 Å². The number of halogens is 1. The minimum Gasteiger partial charge on any atom is -0.370 e. The molecule has 0 bridgehead atoms. The molecule has 3 heteroatoms. The van der Waals surface area contributed by atoms with Crippen LogP contribution in [-0.2, 0) is 6.42 Å². The zero-order chi connectivity index (χ0) is 8.55. The summed E-state index contributed by atoms with van der Waals surface area (Å²) in [5.41, 5.74) is 2.70. The van der Waals surface area contributed by atoms with Crippen LogP contribution in [0.4, 0.5) is 5.82 Å². The van der Waals surface area contributed by atoms with Crippen molar-refractivity contribution in [2.45, 2.75) is 17.3 Å². The monoisotopic (exact) mass is 274 g/mol. The minimum absolute atomic E-state index is 0.556. The highest BCUT2D eigenvalue weighted by atomic mass is 127. The number of hydrogen-bond acceptors (Lipinski definition) is 2. The predicted molar refractivity (Wildman–Crippen MR) is 58.9 cm³/mol. The zero-order valence-electron chi connectivity index (χ0n) is 6.97. The fourth-order valence-corrected chi connectivity index (χ4v) is 1.75. The maximum atomic E-state index is 4.36. The molecule has 0 unspecified atom stereocenters. The fraction of sp³-hybridized carbons (Fsp3) is 0.444. The molecule has 1 aromatic rings. The maximum absolute atomic E-state index is 4.36. The summed E-state index contributed by atoms with van der Waals surface area (Å²) < 4.78 is 0.556. The first-order valence-electron chi connectivity index (χ1n) is 4.14. The van der Waals surface area contributed by atoms with Gasteiger partial charge in [-0.2, -0.15) is 0 Å². The summed E-state index contributed by atoms with van der Waals surface area (Å²) in [5, 5.41) is 3.25. The fourth-order valence-electron chi connectivity index (χ4n) is 1.41. The molecule has 0 radical (unpaired) electrons. The lowest BCUT2D eigenvalue weighted by Crippen LogP contribution is -1.93. The summed E-state index contributed by atoms with van der Waals surface area (Å²) in [7, 11) is 0. The predicted octanol–water partition coefficient (Wildman–Crippen LogP) is 2.55. The number of fused-ring (bicyclic) bond motifs is 1. The number of rotatable bonds is 1. The van der Waals surface area contributed by atoms with E-state index in [1.54, 1.807) is 0 Å². The van der Waals surface area contributed by atoms with Crippen LogP contribution in [-0.4, -0.2) is 11.5 Å². The van der Waals surface area contributed by atoms with Gasteiger partial charge in [-0.25, -0.2) is 4.98 Å². The summed E-state index contributed by atoms with van der Waals surface area (Å²) in [4.78, 5) is 4.36. The smallest absolute Gasteiger partial charge is 0.129 e. The van der Waals surface area contributed by atoms with Gasteiger partial charge in [0, 0.05) is 16.7 Å². The summed E-state index contributed by atoms with van der Waals surface area (Å²) in [6.07, 6.45) is 3.09. The van der Waals surface area contributed by atoms with Crippen molar-refractivity contribution in [2.75, 3.05) is 11.9 Å². The van der Waals surface area contributed by atoms with Crippen LogP contribution in [0.1, 0.15) is 22.0 Å². The number of pyridine rings is 1. The minimum atomic E-state index is 0.556. The molecule has 1 aromatic heterocycles. The first kappa shape index (κ1) is 8.29. The highest BCUT2D eigenvalue weighted by Gasteiger charge is 2.12. The van der Waals surface area contributed by atoms with Crippen LogP contribution in [0.5, 0.6) is 0 Å². The van der Waals surface area contributed by atoms with Gasteiger partial charge in [-0.1, -0.05) is 22.6 Å². The Hall–Kier alpha value is -0.320. The Morgan fingerprint density at radius 1 is 1.67 bits per heavy atom. The first-order valence-corrected chi connectivity index (χ1v) is 5.38. The maximum Gasteiger partial charge on any atom is 0.129 e. The summed E-state index contributed by atoms with van der Waals surface area (Å²) >= 11 is 2.41. The Balaban J connectivity index is 2.39. The number of alkyl halides is 1. The third-order valence-corrected chi connectivity index (χ3v) is 2.85. The van der Waals surface area contributed by atoms with Gasteiger partial charge in [0.05, 0.1) is 0 Å². The van der Waals surface area contributed by atoms with Crippen LogP contribution >= 0.6 is 22.6 Å². The second-order valence-corrected chi connectivity index (χ2v) is 4.94. The van der Waals surface area contributed by atoms with Gasteiger partial charge in [-0.05, 0) is 30.5 Å². The normalized spacial score (nSPS) is 16.8. The van der Waals surface area contributed by atoms with E-state index in [0.29, 0.717) is 3.92 Å². The van der Waals surface area contributed by atoms with Crippen molar-refractivity contribution in [3.8, 4) is 0 Å². The molecule has 2 heterocycles. The van der Waals surface area contributed by atoms with E-state index >= 15 is 0 Å². The average Bonchev–Trinajstić information content (AvgIpc) is 2.49. The Morgan fingerprint density at radius 2 is 2.50 bits per heavy atom. The van der Waals surface area contributed by atoms with E-state index in [9.17, 15) is 0 Å². The lowest BCUT2D eigenvalue weighted by molar-refractivity contribution is 1.08. The van der Waals surface area contributed by atoms with Crippen molar-refractivity contribution in [3.63, 3.8) is 0 Å². The number of aromatic nitrogens is 1. The number of nitrogens with zero attached hydrogens (tertiary/aromatic N) is 1. The van der Waals surface area contributed by atoms with E-state index in [0.717, 1.165) is 18.8 Å². The Bertz CT molecular complexity index is 297. The van der Waals surface area contributed by atoms with Gasteiger partial charge in [0.25, 0.3) is 0 Å². The van der Waals surface area contributed by atoms with Crippen molar-refractivity contribution in [2.24, 2.45) is 0 Å². The van der Waals surface area contributed by atoms with E-state index in [1.165, 1.54) is 11.1 Å². The van der Waals surface area contributed by atoms with Crippen molar-refractivity contribution >= 4 is 28.4 Å². The van der Waals surface area contributed by atoms with Crippen LogP contribution in [0.25, 0.3) is 0 Å². The third-order valence-electron chi connectivity index (χ3n) is 2.13. The van der Waals surface area contributed by atoms with Gasteiger partial charge in [0.2, 0.25) is 0 Å². The van der Waals surface area contributed by atoms with Crippen molar-refractivity contribution < 1.29 is 0 Å². The lowest BCUT2D eigenvalue weighted by Gasteiger charge is -2.04. The standard InChI is InChI=1S/C9H11IN2/c1-6(10)8-4-7-2-3-11-9(7)12-5-8/h4-6H,2-3H2,1H3,(H,11,12)/t6-/m0/s1. The topological polar surface area (TPSA) is 24.9 Å². The molecule has 0 spiro atoms. The summed E-state index contributed by atoms with van der Waals surface area (Å²) in [5.74, 6) is 1.08. The molecule has 0 aromatic carbocycles. The lowest BCUT2D eigenvalue weighted by atomic mass is 10.1. The zero-order valence-corrected chi connectivity index (χ0v) is 9.13. The second-order valence-electron chi connectivity index (χ2n) is 3.07. The average molecular weight is 274 g/mol. The molecule has 1 N–H and O–H groups in total. The molecule has 0 aliphatic carbocycles. The van der Waals surface area contributed by atoms with E-state index in [1.807, 2.05) is 6.20 Å². The van der Waals surface area contributed by atoms with Gasteiger partial charge in [-0.15, -0.1) is 0 Å². The molecule has 2 rings (SSSR count). The van der Waals surface area contributed by atoms with E-state index in [2.05, 4.69) is 45.9 Å². The molecular formula is C9H11IN2. The molecule has 2 nitrogen and oxygen atoms in total. The van der Waals surface area contributed by atoms with Crippen molar-refractivity contribution in [3.05, 3.63) is 23.4 Å². The second kappa shape index (κ2) is 3.20. The largest absolute Gasteiger partial charge is 0.370 e. The molecule has 1 aliphatic heterocycles.